The average Bonchev–Trinajstić information content (AvgIpc) is 2.84. The summed E-state index contributed by atoms with van der Waals surface area (Å²) in [6, 6.07) is 4.48. The Kier molecular flexibility index (Phi) is 4.66. The van der Waals surface area contributed by atoms with E-state index in [2.05, 4.69) is 25.9 Å². The first kappa shape index (κ1) is 17.6. The molecule has 0 aliphatic carbocycles. The average molecular weight is 423 g/mol. The molecule has 2 aromatic heterocycles. The van der Waals surface area contributed by atoms with Crippen LogP contribution in [0.1, 0.15) is 39.7 Å². The number of fused-ring (bicyclic) bond motifs is 1. The molecule has 2 heterocycles. The van der Waals surface area contributed by atoms with E-state index < -0.39 is 12.1 Å². The third-order valence-electron chi connectivity index (χ3n) is 3.90. The number of ether oxygens (including phenoxy) is 1. The van der Waals surface area contributed by atoms with Crippen molar-refractivity contribution in [1.82, 2.24) is 9.97 Å². The number of rotatable bonds is 3. The van der Waals surface area contributed by atoms with Gasteiger partial charge in [-0.15, -0.1) is 11.3 Å². The van der Waals surface area contributed by atoms with Gasteiger partial charge in [0.2, 0.25) is 0 Å². The first-order chi connectivity index (χ1) is 11.8. The zero-order valence-corrected chi connectivity index (χ0v) is 16.1. The van der Waals surface area contributed by atoms with E-state index in [9.17, 15) is 14.7 Å². The number of H-pyrrole nitrogens is 1. The number of aromatic nitrogens is 2. The number of hydrogen-bond donors (Lipinski definition) is 2. The van der Waals surface area contributed by atoms with E-state index in [0.29, 0.717) is 14.7 Å². The Morgan fingerprint density at radius 2 is 2.12 bits per heavy atom. The van der Waals surface area contributed by atoms with Gasteiger partial charge in [-0.25, -0.2) is 9.78 Å². The summed E-state index contributed by atoms with van der Waals surface area (Å²) in [5, 5.41) is 10.4. The molecular formula is C17H15BrN2O4S. The molecule has 0 saturated heterocycles. The maximum atomic E-state index is 12.3. The Labute approximate surface area is 155 Å². The van der Waals surface area contributed by atoms with Crippen LogP contribution in [0.25, 0.3) is 10.2 Å². The predicted octanol–water partition coefficient (Wildman–Crippen LogP) is 3.99. The van der Waals surface area contributed by atoms with Gasteiger partial charge in [-0.2, -0.15) is 0 Å². The molecule has 0 fully saturated rings. The molecule has 3 aromatic rings. The van der Waals surface area contributed by atoms with E-state index >= 15 is 0 Å². The summed E-state index contributed by atoms with van der Waals surface area (Å²) in [6.07, 6.45) is -0.773. The zero-order valence-electron chi connectivity index (χ0n) is 13.7. The minimum atomic E-state index is -0.773. The fourth-order valence-corrected chi connectivity index (χ4v) is 3.81. The van der Waals surface area contributed by atoms with Crippen molar-refractivity contribution in [3.05, 3.63) is 54.9 Å². The lowest BCUT2D eigenvalue weighted by Gasteiger charge is -2.13. The van der Waals surface area contributed by atoms with Gasteiger partial charge in [0.05, 0.1) is 5.39 Å². The van der Waals surface area contributed by atoms with Crippen LogP contribution in [0.3, 0.4) is 0 Å². The normalized spacial score (nSPS) is 12.3. The minimum Gasteiger partial charge on any atom is -0.507 e. The number of carbonyl (C=O) groups is 1. The zero-order chi connectivity index (χ0) is 18.3. The van der Waals surface area contributed by atoms with Gasteiger partial charge in [0.1, 0.15) is 16.1 Å². The largest absolute Gasteiger partial charge is 0.507 e. The maximum Gasteiger partial charge on any atom is 0.342 e. The molecule has 0 aliphatic heterocycles. The number of carbonyl (C=O) groups excluding carboxylic acids is 1. The number of aromatic hydroxyl groups is 1. The lowest BCUT2D eigenvalue weighted by Crippen LogP contribution is -2.17. The molecule has 0 radical (unpaired) electrons. The Balaban J connectivity index is 1.92. The Hall–Kier alpha value is -2.19. The molecule has 130 valence electrons. The van der Waals surface area contributed by atoms with Gasteiger partial charge in [0.15, 0.2) is 11.9 Å². The summed E-state index contributed by atoms with van der Waals surface area (Å²) in [6.45, 7) is 5.43. The number of benzene rings is 1. The van der Waals surface area contributed by atoms with Crippen molar-refractivity contribution in [3.8, 4) is 5.75 Å². The number of halogens is 1. The molecular weight excluding hydrogens is 408 g/mol. The van der Waals surface area contributed by atoms with Crippen LogP contribution in [0, 0.1) is 13.8 Å². The van der Waals surface area contributed by atoms with Gasteiger partial charge in [0.25, 0.3) is 5.56 Å². The van der Waals surface area contributed by atoms with E-state index in [1.54, 1.807) is 13.0 Å². The van der Waals surface area contributed by atoms with E-state index in [0.717, 1.165) is 10.4 Å². The summed E-state index contributed by atoms with van der Waals surface area (Å²) in [5.41, 5.74) is 0.687. The molecule has 0 spiro atoms. The molecule has 0 unspecified atom stereocenters. The predicted molar refractivity (Wildman–Crippen MR) is 99.4 cm³/mol. The van der Waals surface area contributed by atoms with Crippen LogP contribution in [0.2, 0.25) is 0 Å². The third kappa shape index (κ3) is 3.32. The minimum absolute atomic E-state index is 0.0347. The van der Waals surface area contributed by atoms with Crippen molar-refractivity contribution in [2.75, 3.05) is 0 Å². The summed E-state index contributed by atoms with van der Waals surface area (Å²) >= 11 is 4.67. The van der Waals surface area contributed by atoms with E-state index in [-0.39, 0.29) is 22.7 Å². The van der Waals surface area contributed by atoms with Gasteiger partial charge in [-0.05, 0) is 44.5 Å². The Bertz CT molecular complexity index is 1040. The van der Waals surface area contributed by atoms with Crippen molar-refractivity contribution in [1.29, 1.82) is 0 Å². The highest BCUT2D eigenvalue weighted by molar-refractivity contribution is 9.10. The second kappa shape index (κ2) is 6.61. The van der Waals surface area contributed by atoms with Crippen molar-refractivity contribution in [2.45, 2.75) is 26.9 Å². The molecule has 0 amide bonds. The number of phenolic OH excluding ortho intramolecular Hbond substituents is 1. The fourth-order valence-electron chi connectivity index (χ4n) is 2.42. The van der Waals surface area contributed by atoms with Gasteiger partial charge < -0.3 is 14.8 Å². The number of esters is 1. The monoisotopic (exact) mass is 422 g/mol. The van der Waals surface area contributed by atoms with Crippen LogP contribution in [0.4, 0.5) is 0 Å². The summed E-state index contributed by atoms with van der Waals surface area (Å²) in [4.78, 5) is 33.3. The van der Waals surface area contributed by atoms with Crippen LogP contribution in [0.5, 0.6) is 5.75 Å². The smallest absolute Gasteiger partial charge is 0.342 e. The highest BCUT2D eigenvalue weighted by Gasteiger charge is 2.20. The summed E-state index contributed by atoms with van der Waals surface area (Å²) in [7, 11) is 0. The van der Waals surface area contributed by atoms with Crippen LogP contribution >= 0.6 is 27.3 Å². The molecule has 1 aromatic carbocycles. The third-order valence-corrected chi connectivity index (χ3v) is 5.50. The number of thiophene rings is 1. The molecule has 0 saturated carbocycles. The molecule has 8 heteroatoms. The van der Waals surface area contributed by atoms with Crippen LogP contribution in [0.15, 0.2) is 27.5 Å². The number of nitrogens with zero attached hydrogens (tertiary/aromatic N) is 1. The molecule has 2 N–H and O–H groups in total. The fraction of sp³-hybridized carbons (Fsp3) is 0.235. The number of nitrogens with one attached hydrogen (secondary N) is 1. The standard InChI is InChI=1S/C17H15BrN2O4S/c1-7-9(3)25-16-13(7)15(22)19-14(20-16)8(2)24-17(23)11-6-10(18)4-5-12(11)21/h4-6,8,21H,1-3H3,(H,19,20,22)/t8-/m0/s1. The van der Waals surface area contributed by atoms with Gasteiger partial charge >= 0.3 is 5.97 Å². The Morgan fingerprint density at radius 1 is 1.40 bits per heavy atom. The highest BCUT2D eigenvalue weighted by atomic mass is 79.9. The first-order valence-corrected chi connectivity index (χ1v) is 9.08. The quantitative estimate of drug-likeness (QED) is 0.622. The molecule has 25 heavy (non-hydrogen) atoms. The maximum absolute atomic E-state index is 12.3. The van der Waals surface area contributed by atoms with Crippen LogP contribution in [-0.2, 0) is 4.74 Å². The number of aromatic amines is 1. The molecule has 3 rings (SSSR count). The van der Waals surface area contributed by atoms with E-state index in [1.165, 1.54) is 23.5 Å². The summed E-state index contributed by atoms with van der Waals surface area (Å²) < 4.78 is 5.99. The highest BCUT2D eigenvalue weighted by Crippen LogP contribution is 2.28. The number of aryl methyl sites for hydroxylation is 2. The summed E-state index contributed by atoms with van der Waals surface area (Å²) in [5.74, 6) is -0.615. The van der Waals surface area contributed by atoms with Gasteiger partial charge in [0, 0.05) is 9.35 Å². The van der Waals surface area contributed by atoms with Crippen molar-refractivity contribution in [3.63, 3.8) is 0 Å². The lowest BCUT2D eigenvalue weighted by molar-refractivity contribution is 0.0317. The van der Waals surface area contributed by atoms with Crippen molar-refractivity contribution < 1.29 is 14.6 Å². The van der Waals surface area contributed by atoms with E-state index in [1.807, 2.05) is 13.8 Å². The van der Waals surface area contributed by atoms with Crippen LogP contribution in [-0.4, -0.2) is 21.0 Å². The molecule has 1 atom stereocenters. The van der Waals surface area contributed by atoms with E-state index in [4.69, 9.17) is 4.74 Å². The molecule has 0 aliphatic rings. The van der Waals surface area contributed by atoms with Crippen molar-refractivity contribution >= 4 is 43.5 Å². The lowest BCUT2D eigenvalue weighted by atomic mass is 10.2. The SMILES string of the molecule is Cc1sc2nc([C@H](C)OC(=O)c3cc(Br)ccc3O)[nH]c(=O)c2c1C. The second-order valence-electron chi connectivity index (χ2n) is 5.62. The number of hydrogen-bond acceptors (Lipinski definition) is 6. The number of phenols is 1. The second-order valence-corrected chi connectivity index (χ2v) is 7.74. The Morgan fingerprint density at radius 3 is 2.84 bits per heavy atom. The van der Waals surface area contributed by atoms with Crippen LogP contribution < -0.4 is 5.56 Å². The first-order valence-electron chi connectivity index (χ1n) is 7.47. The molecule has 6 nitrogen and oxygen atoms in total. The van der Waals surface area contributed by atoms with Gasteiger partial charge in [-0.1, -0.05) is 15.9 Å². The molecule has 0 bridgehead atoms. The van der Waals surface area contributed by atoms with Gasteiger partial charge in [-0.3, -0.25) is 4.79 Å². The topological polar surface area (TPSA) is 92.3 Å². The van der Waals surface area contributed by atoms with Crippen molar-refractivity contribution in [2.24, 2.45) is 0 Å².